The molecular formula is C25H29ClN2O6. The summed E-state index contributed by atoms with van der Waals surface area (Å²) in [5.41, 5.74) is 1.82. The number of hydrogen-bond acceptors (Lipinski definition) is 7. The molecule has 3 rings (SSSR count). The minimum atomic E-state index is -0.779. The molecule has 0 bridgehead atoms. The molecule has 1 unspecified atom stereocenters. The summed E-state index contributed by atoms with van der Waals surface area (Å²) in [4.78, 5) is 29.6. The zero-order valence-electron chi connectivity index (χ0n) is 19.9. The number of benzene rings is 2. The van der Waals surface area contributed by atoms with E-state index in [1.807, 2.05) is 43.3 Å². The molecule has 1 fully saturated rings. The van der Waals surface area contributed by atoms with Crippen LogP contribution in [0.25, 0.3) is 5.76 Å². The number of carbonyl (C=O) groups is 2. The van der Waals surface area contributed by atoms with Crippen LogP contribution < -0.4 is 14.4 Å². The Kier molecular flexibility index (Phi) is 8.06. The van der Waals surface area contributed by atoms with E-state index in [2.05, 4.69) is 0 Å². The summed E-state index contributed by atoms with van der Waals surface area (Å²) in [6.45, 7) is 0.715. The van der Waals surface area contributed by atoms with Gasteiger partial charge in [-0.05, 0) is 30.2 Å². The van der Waals surface area contributed by atoms with Gasteiger partial charge >= 0.3 is 0 Å². The van der Waals surface area contributed by atoms with E-state index in [0.717, 1.165) is 5.69 Å². The molecule has 1 heterocycles. The van der Waals surface area contributed by atoms with Crippen molar-refractivity contribution >= 4 is 34.7 Å². The topological polar surface area (TPSA) is 88.5 Å². The number of methoxy groups -OCH3 is 3. The molecule has 0 radical (unpaired) electrons. The van der Waals surface area contributed by atoms with Crippen molar-refractivity contribution in [3.05, 3.63) is 58.1 Å². The monoisotopic (exact) mass is 488 g/mol. The van der Waals surface area contributed by atoms with Crippen LogP contribution >= 0.6 is 11.6 Å². The first kappa shape index (κ1) is 25.4. The Morgan fingerprint density at radius 3 is 2.26 bits per heavy atom. The number of carbonyl (C=O) groups excluding carboxylic acids is 2. The van der Waals surface area contributed by atoms with Crippen molar-refractivity contribution in [2.75, 3.05) is 53.5 Å². The van der Waals surface area contributed by atoms with Gasteiger partial charge in [-0.3, -0.25) is 9.59 Å². The number of Topliss-reactive ketones (excluding diaryl/α,β-unsaturated/α-hetero) is 1. The quantitative estimate of drug-likeness (QED) is 0.248. The fraction of sp³-hybridized carbons (Fsp3) is 0.360. The van der Waals surface area contributed by atoms with Crippen LogP contribution in [0.15, 0.2) is 42.0 Å². The van der Waals surface area contributed by atoms with E-state index in [9.17, 15) is 14.7 Å². The number of nitrogens with zero attached hydrogens (tertiary/aromatic N) is 2. The van der Waals surface area contributed by atoms with Crippen LogP contribution in [-0.4, -0.2) is 70.3 Å². The summed E-state index contributed by atoms with van der Waals surface area (Å²) in [6.07, 6.45) is 0.535. The Bertz CT molecular complexity index is 1100. The molecule has 1 N–H and O–H groups in total. The zero-order valence-corrected chi connectivity index (χ0v) is 20.7. The van der Waals surface area contributed by atoms with Gasteiger partial charge in [0.05, 0.1) is 36.4 Å². The van der Waals surface area contributed by atoms with Gasteiger partial charge in [-0.1, -0.05) is 23.7 Å². The molecule has 182 valence electrons. The van der Waals surface area contributed by atoms with Gasteiger partial charge in [0, 0.05) is 46.1 Å². The van der Waals surface area contributed by atoms with Crippen molar-refractivity contribution in [3.8, 4) is 11.5 Å². The Morgan fingerprint density at radius 1 is 1.06 bits per heavy atom. The van der Waals surface area contributed by atoms with E-state index in [4.69, 9.17) is 25.8 Å². The minimum Gasteiger partial charge on any atom is -0.507 e. The summed E-state index contributed by atoms with van der Waals surface area (Å²) in [6, 6.07) is 9.69. The first-order chi connectivity index (χ1) is 16.2. The van der Waals surface area contributed by atoms with Crippen molar-refractivity contribution in [2.24, 2.45) is 0 Å². The smallest absolute Gasteiger partial charge is 0.295 e. The van der Waals surface area contributed by atoms with Crippen LogP contribution in [-0.2, 0) is 14.3 Å². The lowest BCUT2D eigenvalue weighted by molar-refractivity contribution is -0.140. The number of amides is 1. The molecule has 1 aliphatic rings. The Labute approximate surface area is 204 Å². The molecule has 34 heavy (non-hydrogen) atoms. The molecule has 2 aromatic rings. The Morgan fingerprint density at radius 2 is 1.71 bits per heavy atom. The van der Waals surface area contributed by atoms with E-state index in [-0.39, 0.29) is 34.2 Å². The third-order valence-corrected chi connectivity index (χ3v) is 6.04. The summed E-state index contributed by atoms with van der Waals surface area (Å²) in [5, 5.41) is 11.6. The number of ether oxygens (including phenoxy) is 3. The molecule has 1 atom stereocenters. The van der Waals surface area contributed by atoms with E-state index in [1.165, 1.54) is 31.3 Å². The van der Waals surface area contributed by atoms with E-state index >= 15 is 0 Å². The minimum absolute atomic E-state index is 0.0282. The maximum atomic E-state index is 13.2. The molecule has 0 saturated carbocycles. The normalized spacial score (nSPS) is 17.2. The lowest BCUT2D eigenvalue weighted by Crippen LogP contribution is -2.31. The lowest BCUT2D eigenvalue weighted by Gasteiger charge is -2.26. The van der Waals surface area contributed by atoms with Crippen LogP contribution in [0.4, 0.5) is 5.69 Å². The van der Waals surface area contributed by atoms with Gasteiger partial charge in [-0.25, -0.2) is 0 Å². The average Bonchev–Trinajstić information content (AvgIpc) is 3.08. The molecule has 1 aliphatic heterocycles. The molecule has 0 aromatic heterocycles. The first-order valence-corrected chi connectivity index (χ1v) is 11.1. The highest BCUT2D eigenvalue weighted by atomic mass is 35.5. The molecule has 1 saturated heterocycles. The number of anilines is 1. The first-order valence-electron chi connectivity index (χ1n) is 10.7. The van der Waals surface area contributed by atoms with Gasteiger partial charge in [0.15, 0.2) is 0 Å². The number of likely N-dealkylation sites (tertiary alicyclic amines) is 1. The second kappa shape index (κ2) is 10.8. The maximum absolute atomic E-state index is 13.2. The zero-order chi connectivity index (χ0) is 25.0. The predicted octanol–water partition coefficient (Wildman–Crippen LogP) is 3.88. The highest BCUT2D eigenvalue weighted by Gasteiger charge is 2.46. The maximum Gasteiger partial charge on any atom is 0.295 e. The number of aliphatic hydroxyl groups is 1. The van der Waals surface area contributed by atoms with E-state index < -0.39 is 17.7 Å². The summed E-state index contributed by atoms with van der Waals surface area (Å²) in [7, 11) is 8.31. The molecule has 0 aliphatic carbocycles. The lowest BCUT2D eigenvalue weighted by atomic mass is 9.94. The van der Waals surface area contributed by atoms with Crippen molar-refractivity contribution < 1.29 is 28.9 Å². The van der Waals surface area contributed by atoms with Crippen molar-refractivity contribution in [1.29, 1.82) is 0 Å². The third-order valence-electron chi connectivity index (χ3n) is 5.74. The second-order valence-electron chi connectivity index (χ2n) is 8.01. The molecule has 0 spiro atoms. The fourth-order valence-electron chi connectivity index (χ4n) is 3.98. The SMILES string of the molecule is COCCCN1C(=O)C(=O)/C(=C(/O)c2cc(Cl)c(OC)cc2OC)C1c1ccc(N(C)C)cc1. The van der Waals surface area contributed by atoms with Crippen LogP contribution in [0.1, 0.15) is 23.6 Å². The third kappa shape index (κ3) is 4.83. The van der Waals surface area contributed by atoms with Crippen molar-refractivity contribution in [3.63, 3.8) is 0 Å². The molecule has 8 nitrogen and oxygen atoms in total. The summed E-state index contributed by atoms with van der Waals surface area (Å²) in [5.74, 6) is -1.21. The standard InChI is InChI=1S/C25H29ClN2O6/c1-27(2)16-9-7-15(8-10-16)22-21(24(30)25(31)28(22)11-6-12-32-3)23(29)17-13-18(26)20(34-5)14-19(17)33-4/h7-10,13-14,22,29H,6,11-12H2,1-5H3/b23-21+. The number of ketones is 1. The molecule has 1 amide bonds. The van der Waals surface area contributed by atoms with Crippen LogP contribution in [0.3, 0.4) is 0 Å². The molecule has 9 heteroatoms. The molecule has 2 aromatic carbocycles. The van der Waals surface area contributed by atoms with Gasteiger partial charge < -0.3 is 29.1 Å². The van der Waals surface area contributed by atoms with Crippen LogP contribution in [0.2, 0.25) is 5.02 Å². The number of aliphatic hydroxyl groups excluding tert-OH is 1. The van der Waals surface area contributed by atoms with Gasteiger partial charge in [0.2, 0.25) is 0 Å². The second-order valence-corrected chi connectivity index (χ2v) is 8.42. The van der Waals surface area contributed by atoms with Crippen LogP contribution in [0.5, 0.6) is 11.5 Å². The van der Waals surface area contributed by atoms with Gasteiger partial charge in [0.25, 0.3) is 11.7 Å². The van der Waals surface area contributed by atoms with Gasteiger partial charge in [-0.15, -0.1) is 0 Å². The van der Waals surface area contributed by atoms with E-state index in [0.29, 0.717) is 24.3 Å². The Balaban J connectivity index is 2.19. The largest absolute Gasteiger partial charge is 0.507 e. The molecular weight excluding hydrogens is 460 g/mol. The number of hydrogen-bond donors (Lipinski definition) is 1. The summed E-state index contributed by atoms with van der Waals surface area (Å²) < 4.78 is 15.8. The van der Waals surface area contributed by atoms with Gasteiger partial charge in [-0.2, -0.15) is 0 Å². The highest BCUT2D eigenvalue weighted by Crippen LogP contribution is 2.43. The van der Waals surface area contributed by atoms with E-state index in [1.54, 1.807) is 7.11 Å². The number of halogens is 1. The van der Waals surface area contributed by atoms with Crippen molar-refractivity contribution in [1.82, 2.24) is 4.90 Å². The van der Waals surface area contributed by atoms with Crippen LogP contribution in [0, 0.1) is 0 Å². The number of rotatable bonds is 9. The van der Waals surface area contributed by atoms with Gasteiger partial charge in [0.1, 0.15) is 17.3 Å². The Hall–Kier alpha value is -3.23. The highest BCUT2D eigenvalue weighted by molar-refractivity contribution is 6.46. The average molecular weight is 489 g/mol. The predicted molar refractivity (Wildman–Crippen MR) is 131 cm³/mol. The summed E-state index contributed by atoms with van der Waals surface area (Å²) >= 11 is 6.29. The van der Waals surface area contributed by atoms with Crippen molar-refractivity contribution in [2.45, 2.75) is 12.5 Å². The fourth-order valence-corrected chi connectivity index (χ4v) is 4.22.